The molecule has 0 aliphatic heterocycles. The summed E-state index contributed by atoms with van der Waals surface area (Å²) in [6, 6.07) is 10.4. The van der Waals surface area contributed by atoms with Gasteiger partial charge in [0.25, 0.3) is 0 Å². The molecule has 7 nitrogen and oxygen atoms in total. The molecule has 0 unspecified atom stereocenters. The first-order valence-corrected chi connectivity index (χ1v) is 12.5. The molecule has 3 rings (SSSR count). The minimum absolute atomic E-state index is 0.107. The number of nitrogens with two attached hydrogens (primary N) is 1. The van der Waals surface area contributed by atoms with Crippen molar-refractivity contribution in [3.05, 3.63) is 54.0 Å². The monoisotopic (exact) mass is 446 g/mol. The van der Waals surface area contributed by atoms with Gasteiger partial charge in [-0.15, -0.1) is 0 Å². The molecule has 1 aliphatic rings. The highest BCUT2D eigenvalue weighted by atomic mass is 32.2. The minimum Gasteiger partial charge on any atom is -0.469 e. The predicted octanol–water partition coefficient (Wildman–Crippen LogP) is 3.42. The lowest BCUT2D eigenvalue weighted by Crippen LogP contribution is -2.47. The molecule has 0 atom stereocenters. The maximum absolute atomic E-state index is 11.4. The summed E-state index contributed by atoms with van der Waals surface area (Å²) in [7, 11) is -3.69. The topological polar surface area (TPSA) is 110 Å². The van der Waals surface area contributed by atoms with Gasteiger partial charge in [0.1, 0.15) is 5.76 Å². The Bertz CT molecular complexity index is 947. The van der Waals surface area contributed by atoms with Gasteiger partial charge in [0.05, 0.1) is 17.7 Å². The van der Waals surface area contributed by atoms with E-state index < -0.39 is 10.0 Å². The highest BCUT2D eigenvalue weighted by Gasteiger charge is 2.37. The highest BCUT2D eigenvalue weighted by molar-refractivity contribution is 7.89. The average molecular weight is 447 g/mol. The number of nitrogens with zero attached hydrogens (tertiary/aromatic N) is 1. The summed E-state index contributed by atoms with van der Waals surface area (Å²) in [6.45, 7) is 6.62. The molecule has 31 heavy (non-hydrogen) atoms. The molecular weight excluding hydrogens is 412 g/mol. The molecule has 1 heterocycles. The molecular formula is C23H34N4O3S. The van der Waals surface area contributed by atoms with E-state index in [4.69, 9.17) is 14.5 Å². The van der Waals surface area contributed by atoms with Crippen LogP contribution in [0.25, 0.3) is 0 Å². The number of hydrogen-bond acceptors (Lipinski definition) is 4. The Hall–Kier alpha value is -2.32. The number of aliphatic imine (C=N–C) groups is 1. The van der Waals surface area contributed by atoms with Gasteiger partial charge >= 0.3 is 0 Å². The first-order chi connectivity index (χ1) is 14.8. The maximum Gasteiger partial charge on any atom is 0.238 e. The van der Waals surface area contributed by atoms with Gasteiger partial charge in [-0.05, 0) is 60.4 Å². The molecule has 1 aromatic carbocycles. The second-order valence-electron chi connectivity index (χ2n) is 8.92. The van der Waals surface area contributed by atoms with Crippen LogP contribution in [-0.4, -0.2) is 27.5 Å². The third-order valence-electron chi connectivity index (χ3n) is 5.80. The summed E-state index contributed by atoms with van der Waals surface area (Å²) in [5.74, 6) is 2.37. The average Bonchev–Trinajstić information content (AvgIpc) is 3.20. The quantitative estimate of drug-likeness (QED) is 0.383. The van der Waals surface area contributed by atoms with Gasteiger partial charge in [-0.25, -0.2) is 18.5 Å². The van der Waals surface area contributed by atoms with Crippen molar-refractivity contribution < 1.29 is 12.8 Å². The van der Waals surface area contributed by atoms with Crippen molar-refractivity contribution in [3.63, 3.8) is 0 Å². The van der Waals surface area contributed by atoms with E-state index in [0.29, 0.717) is 24.4 Å². The number of primary sulfonamides is 1. The molecule has 8 heteroatoms. The van der Waals surface area contributed by atoms with Crippen molar-refractivity contribution >= 4 is 16.0 Å². The Morgan fingerprint density at radius 3 is 2.48 bits per heavy atom. The fourth-order valence-electron chi connectivity index (χ4n) is 4.16. The van der Waals surface area contributed by atoms with Crippen LogP contribution >= 0.6 is 0 Å². The number of nitrogens with one attached hydrogen (secondary N) is 2. The van der Waals surface area contributed by atoms with Crippen LogP contribution in [0.5, 0.6) is 0 Å². The summed E-state index contributed by atoms with van der Waals surface area (Å²) < 4.78 is 28.3. The fraction of sp³-hybridized carbons (Fsp3) is 0.522. The van der Waals surface area contributed by atoms with E-state index >= 15 is 0 Å². The van der Waals surface area contributed by atoms with Crippen molar-refractivity contribution in [2.75, 3.05) is 13.1 Å². The van der Waals surface area contributed by atoms with Gasteiger partial charge in [0.2, 0.25) is 10.0 Å². The maximum atomic E-state index is 11.4. The predicted molar refractivity (Wildman–Crippen MR) is 123 cm³/mol. The summed E-state index contributed by atoms with van der Waals surface area (Å²) in [5, 5.41) is 12.1. The molecule has 0 bridgehead atoms. The minimum atomic E-state index is -3.69. The van der Waals surface area contributed by atoms with Crippen LogP contribution in [0.1, 0.15) is 50.9 Å². The van der Waals surface area contributed by atoms with E-state index in [0.717, 1.165) is 30.2 Å². The van der Waals surface area contributed by atoms with E-state index in [9.17, 15) is 8.42 Å². The van der Waals surface area contributed by atoms with Crippen LogP contribution in [0.4, 0.5) is 0 Å². The van der Waals surface area contributed by atoms with Gasteiger partial charge in [-0.2, -0.15) is 0 Å². The Kier molecular flexibility index (Phi) is 7.78. The summed E-state index contributed by atoms with van der Waals surface area (Å²) >= 11 is 0. The van der Waals surface area contributed by atoms with Crippen LogP contribution in [0.15, 0.2) is 57.0 Å². The highest BCUT2D eigenvalue weighted by Crippen LogP contribution is 2.45. The number of furan rings is 1. The smallest absolute Gasteiger partial charge is 0.238 e. The van der Waals surface area contributed by atoms with Crippen LogP contribution in [0.2, 0.25) is 0 Å². The van der Waals surface area contributed by atoms with Gasteiger partial charge in [-0.3, -0.25) is 0 Å². The number of benzene rings is 1. The van der Waals surface area contributed by atoms with E-state index in [1.165, 1.54) is 37.8 Å². The Labute approximate surface area is 185 Å². The molecule has 4 N–H and O–H groups in total. The van der Waals surface area contributed by atoms with Gasteiger partial charge < -0.3 is 15.1 Å². The molecule has 0 spiro atoms. The van der Waals surface area contributed by atoms with E-state index in [1.54, 1.807) is 18.4 Å². The lowest BCUT2D eigenvalue weighted by atomic mass is 9.64. The first kappa shape index (κ1) is 23.3. The van der Waals surface area contributed by atoms with Crippen LogP contribution in [0, 0.1) is 11.3 Å². The van der Waals surface area contributed by atoms with Crippen LogP contribution in [0.3, 0.4) is 0 Å². The zero-order chi connectivity index (χ0) is 22.3. The van der Waals surface area contributed by atoms with Gasteiger partial charge in [-0.1, -0.05) is 32.4 Å². The van der Waals surface area contributed by atoms with Crippen LogP contribution in [-0.2, 0) is 23.0 Å². The Balaban J connectivity index is 1.63. The van der Waals surface area contributed by atoms with E-state index in [-0.39, 0.29) is 4.90 Å². The van der Waals surface area contributed by atoms with E-state index in [2.05, 4.69) is 24.5 Å². The third kappa shape index (κ3) is 7.11. The Morgan fingerprint density at radius 2 is 1.94 bits per heavy atom. The number of sulfonamides is 1. The lowest BCUT2D eigenvalue weighted by molar-refractivity contribution is 0.104. The molecule has 1 saturated carbocycles. The number of rotatable bonds is 10. The van der Waals surface area contributed by atoms with Crippen molar-refractivity contribution in [2.24, 2.45) is 21.5 Å². The lowest BCUT2D eigenvalue weighted by Gasteiger charge is -2.43. The zero-order valence-electron chi connectivity index (χ0n) is 18.4. The van der Waals surface area contributed by atoms with Crippen molar-refractivity contribution in [1.82, 2.24) is 10.6 Å². The standard InChI is InChI=1S/C23H34N4O3S/c1-18(2)15-23(11-4-12-23)17-27-22(25-13-10-20-5-3-14-30-20)26-16-19-6-8-21(9-7-19)31(24,28)29/h3,5-9,14,18H,4,10-13,15-17H2,1-2H3,(H2,24,28,29)(H2,25,26,27). The SMILES string of the molecule is CC(C)CC1(CNC(=NCc2ccc(S(N)(=O)=O)cc2)NCCc2ccco2)CCC1. The second-order valence-corrected chi connectivity index (χ2v) is 10.5. The normalized spacial score (nSPS) is 16.2. The fourth-order valence-corrected chi connectivity index (χ4v) is 4.67. The largest absolute Gasteiger partial charge is 0.469 e. The molecule has 1 aromatic heterocycles. The summed E-state index contributed by atoms with van der Waals surface area (Å²) in [4.78, 5) is 4.84. The molecule has 0 radical (unpaired) electrons. The summed E-state index contributed by atoms with van der Waals surface area (Å²) in [6.07, 6.45) is 7.48. The number of guanidine groups is 1. The molecule has 2 aromatic rings. The second kappa shape index (κ2) is 10.3. The zero-order valence-corrected chi connectivity index (χ0v) is 19.2. The third-order valence-corrected chi connectivity index (χ3v) is 6.73. The summed E-state index contributed by atoms with van der Waals surface area (Å²) in [5.41, 5.74) is 1.27. The molecule has 0 amide bonds. The van der Waals surface area contributed by atoms with Crippen molar-refractivity contribution in [3.8, 4) is 0 Å². The van der Waals surface area contributed by atoms with Crippen molar-refractivity contribution in [2.45, 2.75) is 57.4 Å². The van der Waals surface area contributed by atoms with Crippen molar-refractivity contribution in [1.29, 1.82) is 0 Å². The molecule has 0 saturated heterocycles. The molecule has 1 aliphatic carbocycles. The van der Waals surface area contributed by atoms with Gasteiger partial charge in [0, 0.05) is 19.5 Å². The molecule has 1 fully saturated rings. The van der Waals surface area contributed by atoms with E-state index in [1.807, 2.05) is 12.1 Å². The molecule has 170 valence electrons. The number of hydrogen-bond donors (Lipinski definition) is 3. The van der Waals surface area contributed by atoms with Crippen LogP contribution < -0.4 is 15.8 Å². The first-order valence-electron chi connectivity index (χ1n) is 10.9. The Morgan fingerprint density at radius 1 is 1.19 bits per heavy atom. The van der Waals surface area contributed by atoms with Gasteiger partial charge in [0.15, 0.2) is 5.96 Å².